The molecule has 1 fully saturated rings. The fourth-order valence-electron chi connectivity index (χ4n) is 2.37. The molecule has 1 aliphatic rings. The molecule has 0 radical (unpaired) electrons. The predicted molar refractivity (Wildman–Crippen MR) is 92.2 cm³/mol. The largest absolute Gasteiger partial charge is 0.458 e. The van der Waals surface area contributed by atoms with Gasteiger partial charge in [-0.15, -0.1) is 0 Å². The SMILES string of the molecule is CC1(C)OCC(C)(C)[C@@H](C(=O)N/C=C\C(=O)OCc2ccccc2)O1. The Morgan fingerprint density at radius 3 is 2.60 bits per heavy atom. The van der Waals surface area contributed by atoms with Crippen LogP contribution in [0.1, 0.15) is 33.3 Å². The van der Waals surface area contributed by atoms with E-state index in [0.717, 1.165) is 5.56 Å². The second kappa shape index (κ2) is 7.80. The van der Waals surface area contributed by atoms with Crippen LogP contribution >= 0.6 is 0 Å². The van der Waals surface area contributed by atoms with Gasteiger partial charge >= 0.3 is 5.97 Å². The minimum absolute atomic E-state index is 0.183. The summed E-state index contributed by atoms with van der Waals surface area (Å²) in [6.07, 6.45) is 1.77. The first-order chi connectivity index (χ1) is 11.7. The van der Waals surface area contributed by atoms with Crippen LogP contribution in [-0.4, -0.2) is 30.4 Å². The molecule has 1 N–H and O–H groups in total. The summed E-state index contributed by atoms with van der Waals surface area (Å²) in [5.41, 5.74) is 0.425. The first-order valence-electron chi connectivity index (χ1n) is 8.19. The van der Waals surface area contributed by atoms with Crippen molar-refractivity contribution in [3.63, 3.8) is 0 Å². The van der Waals surface area contributed by atoms with Crippen LogP contribution in [0.2, 0.25) is 0 Å². The lowest BCUT2D eigenvalue weighted by Gasteiger charge is -2.44. The standard InChI is InChI=1S/C19H25NO5/c1-18(2)13-24-19(3,4)25-16(18)17(22)20-11-10-15(21)23-12-14-8-6-5-7-9-14/h5-11,16H,12-13H2,1-4H3,(H,20,22)/b11-10-/t16-/m1/s1. The monoisotopic (exact) mass is 347 g/mol. The van der Waals surface area contributed by atoms with Gasteiger partial charge in [0, 0.05) is 17.7 Å². The Balaban J connectivity index is 1.83. The van der Waals surface area contributed by atoms with Gasteiger partial charge in [-0.1, -0.05) is 44.2 Å². The van der Waals surface area contributed by atoms with Crippen LogP contribution < -0.4 is 5.32 Å². The van der Waals surface area contributed by atoms with Crippen molar-refractivity contribution in [3.8, 4) is 0 Å². The molecule has 0 aromatic heterocycles. The van der Waals surface area contributed by atoms with E-state index < -0.39 is 23.3 Å². The van der Waals surface area contributed by atoms with Crippen molar-refractivity contribution in [2.24, 2.45) is 5.41 Å². The zero-order valence-corrected chi connectivity index (χ0v) is 15.1. The summed E-state index contributed by atoms with van der Waals surface area (Å²) >= 11 is 0. The van der Waals surface area contributed by atoms with Crippen molar-refractivity contribution >= 4 is 11.9 Å². The topological polar surface area (TPSA) is 73.9 Å². The molecule has 0 aliphatic carbocycles. The maximum Gasteiger partial charge on any atom is 0.332 e. The maximum atomic E-state index is 12.4. The fraction of sp³-hybridized carbons (Fsp3) is 0.474. The van der Waals surface area contributed by atoms with Crippen LogP contribution in [-0.2, 0) is 30.4 Å². The molecule has 6 heteroatoms. The first kappa shape index (κ1) is 19.1. The second-order valence-corrected chi connectivity index (χ2v) is 7.11. The van der Waals surface area contributed by atoms with Gasteiger partial charge in [0.05, 0.1) is 6.61 Å². The summed E-state index contributed by atoms with van der Waals surface area (Å²) in [6.45, 7) is 7.90. The lowest BCUT2D eigenvalue weighted by molar-refractivity contribution is -0.303. The molecular weight excluding hydrogens is 322 g/mol. The Bertz CT molecular complexity index is 636. The second-order valence-electron chi connectivity index (χ2n) is 7.11. The molecule has 0 spiro atoms. The van der Waals surface area contributed by atoms with Gasteiger partial charge < -0.3 is 19.5 Å². The third-order valence-electron chi connectivity index (χ3n) is 3.81. The number of benzene rings is 1. The molecule has 1 aliphatic heterocycles. The number of esters is 1. The number of carbonyl (C=O) groups is 2. The molecular formula is C19H25NO5. The van der Waals surface area contributed by atoms with E-state index in [1.54, 1.807) is 13.8 Å². The van der Waals surface area contributed by atoms with E-state index in [4.69, 9.17) is 14.2 Å². The summed E-state index contributed by atoms with van der Waals surface area (Å²) in [5.74, 6) is -1.68. The van der Waals surface area contributed by atoms with Gasteiger partial charge in [-0.05, 0) is 19.4 Å². The Morgan fingerprint density at radius 1 is 1.24 bits per heavy atom. The molecule has 1 atom stereocenters. The Morgan fingerprint density at radius 2 is 1.92 bits per heavy atom. The highest BCUT2D eigenvalue weighted by atomic mass is 16.7. The molecule has 1 aromatic rings. The van der Waals surface area contributed by atoms with Crippen LogP contribution in [0.3, 0.4) is 0 Å². The zero-order valence-electron chi connectivity index (χ0n) is 15.1. The highest BCUT2D eigenvalue weighted by Gasteiger charge is 2.45. The molecule has 6 nitrogen and oxygen atoms in total. The molecule has 0 bridgehead atoms. The Labute approximate surface area is 148 Å². The Kier molecular flexibility index (Phi) is 5.98. The fourth-order valence-corrected chi connectivity index (χ4v) is 2.37. The molecule has 0 unspecified atom stereocenters. The van der Waals surface area contributed by atoms with Gasteiger partial charge in [0.1, 0.15) is 12.7 Å². The van der Waals surface area contributed by atoms with Gasteiger partial charge in [-0.2, -0.15) is 0 Å². The van der Waals surface area contributed by atoms with Crippen molar-refractivity contribution < 1.29 is 23.8 Å². The van der Waals surface area contributed by atoms with Crippen molar-refractivity contribution in [1.82, 2.24) is 5.32 Å². The molecule has 136 valence electrons. The van der Waals surface area contributed by atoms with Gasteiger partial charge in [0.2, 0.25) is 0 Å². The maximum absolute atomic E-state index is 12.4. The summed E-state index contributed by atoms with van der Waals surface area (Å²) in [5, 5.41) is 2.57. The third-order valence-corrected chi connectivity index (χ3v) is 3.81. The van der Waals surface area contributed by atoms with Gasteiger partial charge in [0.15, 0.2) is 5.79 Å². The number of amides is 1. The highest BCUT2D eigenvalue weighted by molar-refractivity contribution is 5.85. The number of hydrogen-bond acceptors (Lipinski definition) is 5. The van der Waals surface area contributed by atoms with E-state index in [-0.39, 0.29) is 12.5 Å². The number of rotatable bonds is 5. The van der Waals surface area contributed by atoms with E-state index >= 15 is 0 Å². The minimum Gasteiger partial charge on any atom is -0.458 e. The van der Waals surface area contributed by atoms with Crippen molar-refractivity contribution in [3.05, 3.63) is 48.2 Å². The van der Waals surface area contributed by atoms with Crippen molar-refractivity contribution in [2.75, 3.05) is 6.61 Å². The van der Waals surface area contributed by atoms with Crippen LogP contribution in [0, 0.1) is 5.41 Å². The van der Waals surface area contributed by atoms with Gasteiger partial charge in [-0.25, -0.2) is 4.79 Å². The van der Waals surface area contributed by atoms with Crippen LogP contribution in [0.4, 0.5) is 0 Å². The molecule has 1 amide bonds. The summed E-state index contributed by atoms with van der Waals surface area (Å²) in [6, 6.07) is 9.37. The van der Waals surface area contributed by atoms with E-state index in [2.05, 4.69) is 5.32 Å². The van der Waals surface area contributed by atoms with Crippen molar-refractivity contribution in [2.45, 2.75) is 46.2 Å². The number of hydrogen-bond donors (Lipinski definition) is 1. The number of ether oxygens (including phenoxy) is 3. The van der Waals surface area contributed by atoms with Crippen LogP contribution in [0.5, 0.6) is 0 Å². The van der Waals surface area contributed by atoms with Gasteiger partial charge in [0.25, 0.3) is 5.91 Å². The number of nitrogens with one attached hydrogen (secondary N) is 1. The van der Waals surface area contributed by atoms with E-state index in [1.165, 1.54) is 12.3 Å². The van der Waals surface area contributed by atoms with Crippen LogP contribution in [0.25, 0.3) is 0 Å². The summed E-state index contributed by atoms with van der Waals surface area (Å²) in [4.78, 5) is 24.1. The average molecular weight is 347 g/mol. The Hall–Kier alpha value is -2.18. The average Bonchev–Trinajstić information content (AvgIpc) is 2.56. The quantitative estimate of drug-likeness (QED) is 0.654. The first-order valence-corrected chi connectivity index (χ1v) is 8.19. The normalized spacial score (nSPS) is 21.7. The van der Waals surface area contributed by atoms with E-state index in [0.29, 0.717) is 6.61 Å². The summed E-state index contributed by atoms with van der Waals surface area (Å²) < 4.78 is 16.4. The molecule has 25 heavy (non-hydrogen) atoms. The van der Waals surface area contributed by atoms with E-state index in [9.17, 15) is 9.59 Å². The van der Waals surface area contributed by atoms with Gasteiger partial charge in [-0.3, -0.25) is 4.79 Å². The lowest BCUT2D eigenvalue weighted by Crippen LogP contribution is -2.55. The molecule has 1 saturated heterocycles. The molecule has 2 rings (SSSR count). The zero-order chi connectivity index (χ0) is 18.5. The van der Waals surface area contributed by atoms with Crippen LogP contribution in [0.15, 0.2) is 42.6 Å². The lowest BCUT2D eigenvalue weighted by atomic mass is 9.85. The predicted octanol–water partition coefficient (Wildman–Crippen LogP) is 2.54. The highest BCUT2D eigenvalue weighted by Crippen LogP contribution is 2.34. The summed E-state index contributed by atoms with van der Waals surface area (Å²) in [7, 11) is 0. The smallest absolute Gasteiger partial charge is 0.332 e. The van der Waals surface area contributed by atoms with Crippen molar-refractivity contribution in [1.29, 1.82) is 0 Å². The molecule has 1 heterocycles. The van der Waals surface area contributed by atoms with E-state index in [1.807, 2.05) is 44.2 Å². The minimum atomic E-state index is -0.824. The third kappa shape index (κ3) is 5.69. The molecule has 1 aromatic carbocycles. The molecule has 0 saturated carbocycles. The number of carbonyl (C=O) groups excluding carboxylic acids is 2.